The fraction of sp³-hybridized carbons (Fsp3) is 0.364. The van der Waals surface area contributed by atoms with Crippen molar-refractivity contribution in [2.24, 2.45) is 7.05 Å². The molecule has 6 heteroatoms. The Kier molecular flexibility index (Phi) is 3.55. The zero-order valence-corrected chi connectivity index (χ0v) is 11.3. The third-order valence-electron chi connectivity index (χ3n) is 2.63. The molecule has 2 rings (SSSR count). The van der Waals surface area contributed by atoms with Crippen molar-refractivity contribution in [2.45, 2.75) is 16.3 Å². The number of alkyl halides is 3. The van der Waals surface area contributed by atoms with Gasteiger partial charge in [-0.2, -0.15) is 0 Å². The second kappa shape index (κ2) is 4.65. The Morgan fingerprint density at radius 1 is 1.35 bits per heavy atom. The summed E-state index contributed by atoms with van der Waals surface area (Å²) in [5.74, 6) is 0.685. The third kappa shape index (κ3) is 2.68. The highest BCUT2D eigenvalue weighted by atomic mass is 35.6. The molecule has 0 aliphatic heterocycles. The maximum absolute atomic E-state index is 9.74. The van der Waals surface area contributed by atoms with Gasteiger partial charge in [0.1, 0.15) is 11.9 Å². The number of hydrogen-bond acceptors (Lipinski definition) is 2. The summed E-state index contributed by atoms with van der Waals surface area (Å²) in [5.41, 5.74) is 1.85. The van der Waals surface area contributed by atoms with E-state index in [1.807, 2.05) is 35.9 Å². The fourth-order valence-electron chi connectivity index (χ4n) is 1.67. The lowest BCUT2D eigenvalue weighted by Crippen LogP contribution is -2.28. The molecule has 1 heterocycles. The Morgan fingerprint density at radius 2 is 2.00 bits per heavy atom. The number of rotatable bonds is 2. The first-order valence-electron chi connectivity index (χ1n) is 5.04. The minimum absolute atomic E-state index is 0.196. The number of nitrogens with zero attached hydrogens (tertiary/aromatic N) is 2. The fourth-order valence-corrected chi connectivity index (χ4v) is 1.90. The van der Waals surface area contributed by atoms with Crippen LogP contribution in [-0.2, 0) is 13.5 Å². The standard InChI is InChI=1S/C11H11Cl3N2O/c1-16-8-5-3-2-4-7(8)15-10(16)6-9(17)11(12,13)14/h2-5,9,17H,6H2,1H3. The average Bonchev–Trinajstić information content (AvgIpc) is 2.55. The van der Waals surface area contributed by atoms with Gasteiger partial charge in [0.25, 0.3) is 0 Å². The molecule has 0 aliphatic carbocycles. The Bertz CT molecular complexity index is 533. The maximum atomic E-state index is 9.74. The lowest BCUT2D eigenvalue weighted by molar-refractivity contribution is 0.176. The van der Waals surface area contributed by atoms with E-state index >= 15 is 0 Å². The molecule has 1 aromatic heterocycles. The molecule has 1 unspecified atom stereocenters. The minimum atomic E-state index is -1.70. The van der Waals surface area contributed by atoms with E-state index in [-0.39, 0.29) is 6.42 Å². The van der Waals surface area contributed by atoms with Gasteiger partial charge in [-0.05, 0) is 12.1 Å². The quantitative estimate of drug-likeness (QED) is 0.865. The predicted octanol–water partition coefficient (Wildman–Crippen LogP) is 2.85. The van der Waals surface area contributed by atoms with Crippen LogP contribution >= 0.6 is 34.8 Å². The average molecular weight is 294 g/mol. The number of aromatic nitrogens is 2. The van der Waals surface area contributed by atoms with E-state index in [1.165, 1.54) is 0 Å². The smallest absolute Gasteiger partial charge is 0.216 e. The number of para-hydroxylation sites is 2. The lowest BCUT2D eigenvalue weighted by atomic mass is 10.2. The second-order valence-corrected chi connectivity index (χ2v) is 6.21. The number of aliphatic hydroxyl groups excluding tert-OH is 1. The summed E-state index contributed by atoms with van der Waals surface area (Å²) in [7, 11) is 1.87. The topological polar surface area (TPSA) is 38.0 Å². The molecule has 0 aliphatic rings. The molecule has 0 radical (unpaired) electrons. The van der Waals surface area contributed by atoms with E-state index in [0.717, 1.165) is 11.0 Å². The molecule has 3 nitrogen and oxygen atoms in total. The first-order chi connectivity index (χ1) is 7.89. The van der Waals surface area contributed by atoms with Gasteiger partial charge in [-0.1, -0.05) is 46.9 Å². The van der Waals surface area contributed by atoms with Crippen molar-refractivity contribution in [1.82, 2.24) is 9.55 Å². The highest BCUT2D eigenvalue weighted by Crippen LogP contribution is 2.32. The predicted molar refractivity (Wildman–Crippen MR) is 70.7 cm³/mol. The second-order valence-electron chi connectivity index (χ2n) is 3.84. The van der Waals surface area contributed by atoms with Crippen LogP contribution in [0.1, 0.15) is 5.82 Å². The van der Waals surface area contributed by atoms with E-state index < -0.39 is 9.90 Å². The Labute approximate surface area is 114 Å². The van der Waals surface area contributed by atoms with Crippen molar-refractivity contribution in [3.63, 3.8) is 0 Å². The normalized spacial score (nSPS) is 14.2. The largest absolute Gasteiger partial charge is 0.388 e. The van der Waals surface area contributed by atoms with Gasteiger partial charge in [0.2, 0.25) is 3.79 Å². The van der Waals surface area contributed by atoms with Crippen LogP contribution in [0.3, 0.4) is 0 Å². The summed E-state index contributed by atoms with van der Waals surface area (Å²) >= 11 is 16.9. The number of hydrogen-bond donors (Lipinski definition) is 1. The van der Waals surface area contributed by atoms with Crippen LogP contribution < -0.4 is 0 Å². The summed E-state index contributed by atoms with van der Waals surface area (Å²) in [6, 6.07) is 7.69. The van der Waals surface area contributed by atoms with Gasteiger partial charge in [-0.3, -0.25) is 0 Å². The zero-order chi connectivity index (χ0) is 12.6. The van der Waals surface area contributed by atoms with Crippen LogP contribution in [0.4, 0.5) is 0 Å². The van der Waals surface area contributed by atoms with Crippen LogP contribution in [0.25, 0.3) is 11.0 Å². The molecule has 92 valence electrons. The molecule has 1 atom stereocenters. The minimum Gasteiger partial charge on any atom is -0.388 e. The Hall–Kier alpha value is -0.480. The SMILES string of the molecule is Cn1c(CC(O)C(Cl)(Cl)Cl)nc2ccccc21. The molecule has 0 amide bonds. The van der Waals surface area contributed by atoms with Crippen molar-refractivity contribution < 1.29 is 5.11 Å². The highest BCUT2D eigenvalue weighted by molar-refractivity contribution is 6.68. The van der Waals surface area contributed by atoms with Crippen molar-refractivity contribution in [2.75, 3.05) is 0 Å². The van der Waals surface area contributed by atoms with Gasteiger partial charge in [0.15, 0.2) is 0 Å². The van der Waals surface area contributed by atoms with Gasteiger partial charge in [-0.15, -0.1) is 0 Å². The molecular formula is C11H11Cl3N2O. The van der Waals surface area contributed by atoms with E-state index in [1.54, 1.807) is 0 Å². The maximum Gasteiger partial charge on any atom is 0.216 e. The van der Waals surface area contributed by atoms with Crippen molar-refractivity contribution >= 4 is 45.8 Å². The molecular weight excluding hydrogens is 282 g/mol. The first-order valence-corrected chi connectivity index (χ1v) is 6.18. The van der Waals surface area contributed by atoms with E-state index in [9.17, 15) is 5.11 Å². The summed E-state index contributed by atoms with van der Waals surface area (Å²) in [4.78, 5) is 4.39. The molecule has 0 saturated heterocycles. The van der Waals surface area contributed by atoms with Gasteiger partial charge >= 0.3 is 0 Å². The van der Waals surface area contributed by atoms with Gasteiger partial charge in [-0.25, -0.2) is 4.98 Å². The highest BCUT2D eigenvalue weighted by Gasteiger charge is 2.32. The Balaban J connectivity index is 2.34. The zero-order valence-electron chi connectivity index (χ0n) is 9.07. The number of imidazole rings is 1. The van der Waals surface area contributed by atoms with Crippen molar-refractivity contribution in [1.29, 1.82) is 0 Å². The van der Waals surface area contributed by atoms with Crippen LogP contribution in [0.2, 0.25) is 0 Å². The third-order valence-corrected chi connectivity index (χ3v) is 3.39. The molecule has 1 aromatic carbocycles. The van der Waals surface area contributed by atoms with Gasteiger partial charge in [0.05, 0.1) is 11.0 Å². The molecule has 0 saturated carbocycles. The summed E-state index contributed by atoms with van der Waals surface area (Å²) in [5, 5.41) is 9.74. The van der Waals surface area contributed by atoms with E-state index in [0.29, 0.717) is 5.82 Å². The molecule has 17 heavy (non-hydrogen) atoms. The van der Waals surface area contributed by atoms with Gasteiger partial charge in [0, 0.05) is 13.5 Å². The van der Waals surface area contributed by atoms with E-state index in [4.69, 9.17) is 34.8 Å². The molecule has 2 aromatic rings. The number of benzene rings is 1. The number of halogens is 3. The van der Waals surface area contributed by atoms with E-state index in [2.05, 4.69) is 4.98 Å². The number of aryl methyl sites for hydroxylation is 1. The first kappa shape index (κ1) is 13.0. The molecule has 0 bridgehead atoms. The number of fused-ring (bicyclic) bond motifs is 1. The monoisotopic (exact) mass is 292 g/mol. The summed E-state index contributed by atoms with van der Waals surface area (Å²) in [6.07, 6.45) is -0.884. The molecule has 0 fully saturated rings. The van der Waals surface area contributed by atoms with Crippen LogP contribution in [0.5, 0.6) is 0 Å². The lowest BCUT2D eigenvalue weighted by Gasteiger charge is -2.18. The summed E-state index contributed by atoms with van der Waals surface area (Å²) < 4.78 is 0.188. The van der Waals surface area contributed by atoms with Crippen LogP contribution in [0.15, 0.2) is 24.3 Å². The van der Waals surface area contributed by atoms with Crippen LogP contribution in [-0.4, -0.2) is 24.6 Å². The Morgan fingerprint density at radius 3 is 2.59 bits per heavy atom. The van der Waals surface area contributed by atoms with Gasteiger partial charge < -0.3 is 9.67 Å². The molecule has 0 spiro atoms. The number of aliphatic hydroxyl groups is 1. The molecule has 1 N–H and O–H groups in total. The summed E-state index contributed by atoms with van der Waals surface area (Å²) in [6.45, 7) is 0. The van der Waals surface area contributed by atoms with Crippen molar-refractivity contribution in [3.8, 4) is 0 Å². The van der Waals surface area contributed by atoms with Crippen molar-refractivity contribution in [3.05, 3.63) is 30.1 Å². The van der Waals surface area contributed by atoms with Crippen LogP contribution in [0, 0.1) is 0 Å².